The third-order valence-electron chi connectivity index (χ3n) is 2.98. The van der Waals surface area contributed by atoms with Gasteiger partial charge in [-0.1, -0.05) is 30.8 Å². The molecule has 0 bridgehead atoms. The number of hydrogen-bond acceptors (Lipinski definition) is 5. The van der Waals surface area contributed by atoms with Crippen LogP contribution in [0.1, 0.15) is 22.8 Å². The maximum absolute atomic E-state index is 11.9. The lowest BCUT2D eigenvalue weighted by Gasteiger charge is -2.09. The van der Waals surface area contributed by atoms with Crippen molar-refractivity contribution in [3.8, 4) is 0 Å². The number of carbonyl (C=O) groups is 2. The summed E-state index contributed by atoms with van der Waals surface area (Å²) in [6.07, 6.45) is 2.42. The molecule has 0 saturated carbocycles. The van der Waals surface area contributed by atoms with Crippen LogP contribution in [0.5, 0.6) is 0 Å². The number of carboxylic acids is 1. The Kier molecular flexibility index (Phi) is 5.55. The van der Waals surface area contributed by atoms with Crippen molar-refractivity contribution < 1.29 is 14.7 Å². The fourth-order valence-electron chi connectivity index (χ4n) is 1.82. The lowest BCUT2D eigenvalue weighted by atomic mass is 10.1. The number of carbonyl (C=O) groups excluding carboxylic acids is 2. The first-order valence-corrected chi connectivity index (χ1v) is 7.76. The van der Waals surface area contributed by atoms with Crippen molar-refractivity contribution in [2.75, 3.05) is 11.1 Å². The molecule has 0 aliphatic heterocycles. The van der Waals surface area contributed by atoms with Crippen LogP contribution in [0.4, 0.5) is 5.69 Å². The molecule has 1 aromatic carbocycles. The molecule has 1 aromatic heterocycles. The molecule has 0 aliphatic rings. The van der Waals surface area contributed by atoms with Crippen LogP contribution in [0.25, 0.3) is 0 Å². The second kappa shape index (κ2) is 7.61. The Morgan fingerprint density at radius 1 is 1.23 bits per heavy atom. The number of carboxylic acid groups (broad SMARTS) is 1. The van der Waals surface area contributed by atoms with Crippen molar-refractivity contribution in [1.29, 1.82) is 0 Å². The Hall–Kier alpha value is -2.34. The van der Waals surface area contributed by atoms with Gasteiger partial charge in [-0.3, -0.25) is 4.79 Å². The molecule has 6 heteroatoms. The standard InChI is InChI=1S/C16H16N2O3S/c1-2-11-5-7-12(8-6-11)18-14(19)10-22-15-13(16(20)21)4-3-9-17-15/h3-9H,2,10H2,1H3,(H,18,19)(H,20,21)/p-1. The quantitative estimate of drug-likeness (QED) is 0.821. The zero-order valence-electron chi connectivity index (χ0n) is 12.0. The van der Waals surface area contributed by atoms with Gasteiger partial charge in [-0.25, -0.2) is 4.98 Å². The van der Waals surface area contributed by atoms with E-state index in [1.54, 1.807) is 0 Å². The van der Waals surface area contributed by atoms with Gasteiger partial charge in [0.1, 0.15) is 5.03 Å². The van der Waals surface area contributed by atoms with Gasteiger partial charge in [-0.2, -0.15) is 0 Å². The molecule has 2 rings (SSSR count). The third kappa shape index (κ3) is 4.33. The molecule has 0 saturated heterocycles. The molecule has 2 aromatic rings. The van der Waals surface area contributed by atoms with E-state index in [-0.39, 0.29) is 22.2 Å². The summed E-state index contributed by atoms with van der Waals surface area (Å²) in [4.78, 5) is 26.8. The van der Waals surface area contributed by atoms with E-state index < -0.39 is 5.97 Å². The van der Waals surface area contributed by atoms with Crippen LogP contribution in [-0.4, -0.2) is 22.6 Å². The van der Waals surface area contributed by atoms with E-state index in [4.69, 9.17) is 0 Å². The van der Waals surface area contributed by atoms with Crippen molar-refractivity contribution in [2.45, 2.75) is 18.4 Å². The van der Waals surface area contributed by atoms with E-state index in [1.807, 2.05) is 24.3 Å². The highest BCUT2D eigenvalue weighted by Gasteiger charge is 2.08. The number of aromatic nitrogens is 1. The monoisotopic (exact) mass is 315 g/mol. The lowest BCUT2D eigenvalue weighted by Crippen LogP contribution is -2.23. The van der Waals surface area contributed by atoms with Crippen molar-refractivity contribution in [2.24, 2.45) is 0 Å². The van der Waals surface area contributed by atoms with Gasteiger partial charge in [0.05, 0.1) is 11.7 Å². The van der Waals surface area contributed by atoms with E-state index >= 15 is 0 Å². The molecule has 0 spiro atoms. The van der Waals surface area contributed by atoms with Crippen LogP contribution in [0.15, 0.2) is 47.6 Å². The summed E-state index contributed by atoms with van der Waals surface area (Å²) < 4.78 is 0. The zero-order valence-corrected chi connectivity index (χ0v) is 12.9. The molecule has 1 N–H and O–H groups in total. The third-order valence-corrected chi connectivity index (χ3v) is 3.98. The van der Waals surface area contributed by atoms with Crippen molar-refractivity contribution in [3.05, 3.63) is 53.7 Å². The first kappa shape index (κ1) is 16.0. The highest BCUT2D eigenvalue weighted by Crippen LogP contribution is 2.20. The van der Waals surface area contributed by atoms with E-state index in [2.05, 4.69) is 17.2 Å². The summed E-state index contributed by atoms with van der Waals surface area (Å²) in [5.74, 6) is -1.44. The first-order valence-electron chi connectivity index (χ1n) is 6.78. The van der Waals surface area contributed by atoms with Crippen LogP contribution in [0.2, 0.25) is 0 Å². The fourth-order valence-corrected chi connectivity index (χ4v) is 2.60. The Morgan fingerprint density at radius 2 is 1.95 bits per heavy atom. The van der Waals surface area contributed by atoms with E-state index in [0.717, 1.165) is 18.2 Å². The minimum Gasteiger partial charge on any atom is -0.545 e. The van der Waals surface area contributed by atoms with Crippen LogP contribution in [0.3, 0.4) is 0 Å². The second-order valence-electron chi connectivity index (χ2n) is 4.53. The molecule has 0 fully saturated rings. The molecular weight excluding hydrogens is 300 g/mol. The number of aromatic carboxylic acids is 1. The SMILES string of the molecule is CCc1ccc(NC(=O)CSc2ncccc2C(=O)[O-])cc1. The molecular formula is C16H15N2O3S-. The first-order chi connectivity index (χ1) is 10.6. The van der Waals surface area contributed by atoms with Gasteiger partial charge >= 0.3 is 0 Å². The van der Waals surface area contributed by atoms with Crippen molar-refractivity contribution >= 4 is 29.3 Å². The van der Waals surface area contributed by atoms with Gasteiger partial charge in [0.2, 0.25) is 5.91 Å². The Labute approximate surface area is 132 Å². The number of anilines is 1. The highest BCUT2D eigenvalue weighted by molar-refractivity contribution is 8.00. The largest absolute Gasteiger partial charge is 0.545 e. The van der Waals surface area contributed by atoms with Crippen LogP contribution < -0.4 is 10.4 Å². The number of nitrogens with one attached hydrogen (secondary N) is 1. The molecule has 0 radical (unpaired) electrons. The molecule has 22 heavy (non-hydrogen) atoms. The predicted molar refractivity (Wildman–Crippen MR) is 83.7 cm³/mol. The average Bonchev–Trinajstić information content (AvgIpc) is 2.54. The Balaban J connectivity index is 1.94. The summed E-state index contributed by atoms with van der Waals surface area (Å²) in [7, 11) is 0. The number of hydrogen-bond donors (Lipinski definition) is 1. The van der Waals surface area contributed by atoms with Gasteiger partial charge in [-0.15, -0.1) is 0 Å². The molecule has 5 nitrogen and oxygen atoms in total. The van der Waals surface area contributed by atoms with Gasteiger partial charge in [0, 0.05) is 17.4 Å². The normalized spacial score (nSPS) is 10.2. The Bertz CT molecular complexity index is 671. The summed E-state index contributed by atoms with van der Waals surface area (Å²) in [6.45, 7) is 2.06. The minimum absolute atomic E-state index is 0.00685. The number of benzene rings is 1. The fraction of sp³-hybridized carbons (Fsp3) is 0.188. The molecule has 0 unspecified atom stereocenters. The van der Waals surface area contributed by atoms with Gasteiger partial charge in [0.25, 0.3) is 0 Å². The van der Waals surface area contributed by atoms with Crippen LogP contribution in [0, 0.1) is 0 Å². The number of amides is 1. The molecule has 0 aliphatic carbocycles. The Morgan fingerprint density at radius 3 is 2.59 bits per heavy atom. The lowest BCUT2D eigenvalue weighted by molar-refractivity contribution is -0.255. The maximum atomic E-state index is 11.9. The summed E-state index contributed by atoms with van der Waals surface area (Å²) in [5, 5.41) is 14.0. The number of thioether (sulfide) groups is 1. The number of nitrogens with zero attached hydrogens (tertiary/aromatic N) is 1. The van der Waals surface area contributed by atoms with E-state index in [9.17, 15) is 14.7 Å². The minimum atomic E-state index is -1.30. The van der Waals surface area contributed by atoms with Crippen molar-refractivity contribution in [3.63, 3.8) is 0 Å². The van der Waals surface area contributed by atoms with Gasteiger partial charge < -0.3 is 15.2 Å². The van der Waals surface area contributed by atoms with E-state index in [0.29, 0.717) is 5.69 Å². The van der Waals surface area contributed by atoms with E-state index in [1.165, 1.54) is 23.9 Å². The maximum Gasteiger partial charge on any atom is 0.234 e. The summed E-state index contributed by atoms with van der Waals surface area (Å²) in [6, 6.07) is 10.5. The molecule has 1 heterocycles. The van der Waals surface area contributed by atoms with Gasteiger partial charge in [0.15, 0.2) is 0 Å². The highest BCUT2D eigenvalue weighted by atomic mass is 32.2. The summed E-state index contributed by atoms with van der Waals surface area (Å²) >= 11 is 1.07. The number of pyridine rings is 1. The number of aryl methyl sites for hydroxylation is 1. The zero-order chi connectivity index (χ0) is 15.9. The topological polar surface area (TPSA) is 82.1 Å². The molecule has 1 amide bonds. The number of rotatable bonds is 6. The second-order valence-corrected chi connectivity index (χ2v) is 5.49. The average molecular weight is 315 g/mol. The van der Waals surface area contributed by atoms with Gasteiger partial charge in [-0.05, 0) is 36.2 Å². The molecule has 0 atom stereocenters. The smallest absolute Gasteiger partial charge is 0.234 e. The predicted octanol–water partition coefficient (Wildman–Crippen LogP) is 1.74. The van der Waals surface area contributed by atoms with Crippen LogP contribution >= 0.6 is 11.8 Å². The van der Waals surface area contributed by atoms with Crippen LogP contribution in [-0.2, 0) is 11.2 Å². The molecule has 114 valence electrons. The summed E-state index contributed by atoms with van der Waals surface area (Å²) in [5.41, 5.74) is 1.90. The van der Waals surface area contributed by atoms with Crippen molar-refractivity contribution in [1.82, 2.24) is 4.98 Å².